The number of rotatable bonds is 2. The maximum Gasteiger partial charge on any atom is 0.363 e. The van der Waals surface area contributed by atoms with Crippen LogP contribution in [-0.2, 0) is 9.53 Å². The molecule has 0 saturated heterocycles. The average Bonchev–Trinajstić information content (AvgIpc) is 2.91. The zero-order valence-corrected chi connectivity index (χ0v) is 15.3. The third-order valence-corrected chi connectivity index (χ3v) is 7.10. The monoisotopic (exact) mass is 375 g/mol. The first-order valence-electron chi connectivity index (χ1n) is 8.99. The lowest BCUT2D eigenvalue weighted by molar-refractivity contribution is -0.131. The van der Waals surface area contributed by atoms with E-state index in [1.807, 2.05) is 6.07 Å². The highest BCUT2D eigenvalue weighted by Crippen LogP contribution is 2.61. The van der Waals surface area contributed by atoms with Crippen molar-refractivity contribution in [2.45, 2.75) is 38.5 Å². The number of ether oxygens (including phenoxy) is 1. The van der Waals surface area contributed by atoms with E-state index >= 15 is 0 Å². The van der Waals surface area contributed by atoms with Crippen molar-refractivity contribution in [3.05, 3.63) is 39.5 Å². The maximum absolute atomic E-state index is 12.4. The van der Waals surface area contributed by atoms with Gasteiger partial charge in [0.1, 0.15) is 0 Å². The highest BCUT2D eigenvalue weighted by atomic mass is 35.5. The first-order chi connectivity index (χ1) is 12.0. The van der Waals surface area contributed by atoms with Crippen molar-refractivity contribution in [2.75, 3.05) is 0 Å². The summed E-state index contributed by atoms with van der Waals surface area (Å²) in [5.74, 6) is 2.68. The predicted octanol–water partition coefficient (Wildman–Crippen LogP) is 5.51. The Morgan fingerprint density at radius 3 is 2.28 bits per heavy atom. The van der Waals surface area contributed by atoms with Crippen LogP contribution in [0.3, 0.4) is 0 Å². The van der Waals surface area contributed by atoms with E-state index in [4.69, 9.17) is 27.9 Å². The number of carbonyl (C=O) groups is 1. The molecular formula is C20H19Cl2NO2. The van der Waals surface area contributed by atoms with E-state index in [1.54, 1.807) is 18.2 Å². The summed E-state index contributed by atoms with van der Waals surface area (Å²) in [6.07, 6.45) is 9.19. The van der Waals surface area contributed by atoms with E-state index in [1.165, 1.54) is 19.3 Å². The fourth-order valence-corrected chi connectivity index (χ4v) is 6.08. The highest BCUT2D eigenvalue weighted by Gasteiger charge is 2.55. The van der Waals surface area contributed by atoms with Crippen LogP contribution in [0, 0.1) is 23.2 Å². The van der Waals surface area contributed by atoms with E-state index < -0.39 is 0 Å². The van der Waals surface area contributed by atoms with Gasteiger partial charge in [0, 0.05) is 5.41 Å². The molecule has 0 spiro atoms. The Kier molecular flexibility index (Phi) is 3.55. The minimum absolute atomic E-state index is 0.00234. The van der Waals surface area contributed by atoms with Gasteiger partial charge in [0.15, 0.2) is 5.70 Å². The second kappa shape index (κ2) is 5.59. The standard InChI is InChI=1S/C20H19Cl2NO2/c21-15-2-1-11(6-16(15)22)7-17-18(24)25-19(23-17)20-8-12-3-13(9-20)5-14(4-12)10-20/h1-2,6-7,12-14H,3-5,8-10H2/b17-7+. The van der Waals surface area contributed by atoms with Crippen molar-refractivity contribution in [3.8, 4) is 0 Å². The molecule has 0 aromatic heterocycles. The molecule has 0 atom stereocenters. The zero-order valence-electron chi connectivity index (χ0n) is 13.8. The van der Waals surface area contributed by atoms with E-state index in [0.29, 0.717) is 21.6 Å². The molecule has 4 saturated carbocycles. The Bertz CT molecular complexity index is 792. The predicted molar refractivity (Wildman–Crippen MR) is 98.6 cm³/mol. The average molecular weight is 376 g/mol. The Morgan fingerprint density at radius 2 is 1.68 bits per heavy atom. The molecule has 130 valence electrons. The minimum atomic E-state index is -0.350. The summed E-state index contributed by atoms with van der Waals surface area (Å²) < 4.78 is 5.67. The molecule has 4 aliphatic carbocycles. The molecule has 1 aromatic rings. The lowest BCUT2D eigenvalue weighted by Gasteiger charge is -2.55. The number of benzene rings is 1. The number of aliphatic imine (C=N–C) groups is 1. The van der Waals surface area contributed by atoms with Crippen LogP contribution < -0.4 is 0 Å². The lowest BCUT2D eigenvalue weighted by Crippen LogP contribution is -2.50. The summed E-state index contributed by atoms with van der Waals surface area (Å²) in [5.41, 5.74) is 1.17. The number of hydrogen-bond acceptors (Lipinski definition) is 3. The molecule has 25 heavy (non-hydrogen) atoms. The smallest absolute Gasteiger partial charge is 0.363 e. The molecule has 3 nitrogen and oxygen atoms in total. The lowest BCUT2D eigenvalue weighted by atomic mass is 9.49. The summed E-state index contributed by atoms with van der Waals surface area (Å²) in [7, 11) is 0. The number of halogens is 2. The Labute approximate surface area is 157 Å². The second-order valence-corrected chi connectivity index (χ2v) is 9.02. The van der Waals surface area contributed by atoms with Gasteiger partial charge in [-0.05, 0) is 80.1 Å². The first-order valence-corrected chi connectivity index (χ1v) is 9.74. The molecule has 1 aliphatic heterocycles. The van der Waals surface area contributed by atoms with Gasteiger partial charge in [0.25, 0.3) is 0 Å². The number of esters is 1. The van der Waals surface area contributed by atoms with E-state index in [0.717, 1.165) is 42.6 Å². The molecule has 5 heteroatoms. The number of hydrogen-bond donors (Lipinski definition) is 0. The molecule has 0 radical (unpaired) electrons. The quantitative estimate of drug-likeness (QED) is 0.505. The summed E-state index contributed by atoms with van der Waals surface area (Å²) in [5, 5.41) is 0.961. The molecular weight excluding hydrogens is 357 g/mol. The van der Waals surface area contributed by atoms with Gasteiger partial charge < -0.3 is 4.74 Å². The van der Waals surface area contributed by atoms with Crippen LogP contribution in [0.5, 0.6) is 0 Å². The van der Waals surface area contributed by atoms with Crippen molar-refractivity contribution < 1.29 is 9.53 Å². The van der Waals surface area contributed by atoms with Crippen LogP contribution in [0.4, 0.5) is 0 Å². The van der Waals surface area contributed by atoms with Crippen LogP contribution in [0.15, 0.2) is 28.9 Å². The molecule has 1 heterocycles. The van der Waals surface area contributed by atoms with Crippen LogP contribution >= 0.6 is 23.2 Å². The first kappa shape index (κ1) is 15.9. The number of cyclic esters (lactones) is 1. The van der Waals surface area contributed by atoms with Gasteiger partial charge in [-0.2, -0.15) is 0 Å². The molecule has 6 rings (SSSR count). The van der Waals surface area contributed by atoms with Crippen LogP contribution in [-0.4, -0.2) is 11.9 Å². The van der Waals surface area contributed by atoms with Gasteiger partial charge in [-0.3, -0.25) is 0 Å². The fraction of sp³-hybridized carbons (Fsp3) is 0.500. The van der Waals surface area contributed by atoms with Crippen molar-refractivity contribution in [1.29, 1.82) is 0 Å². The minimum Gasteiger partial charge on any atom is -0.406 e. The van der Waals surface area contributed by atoms with Gasteiger partial charge in [-0.15, -0.1) is 0 Å². The third kappa shape index (κ3) is 2.63. The fourth-order valence-electron chi connectivity index (χ4n) is 5.77. The van der Waals surface area contributed by atoms with Crippen molar-refractivity contribution in [2.24, 2.45) is 28.2 Å². The maximum atomic E-state index is 12.4. The summed E-state index contributed by atoms with van der Waals surface area (Å²) in [4.78, 5) is 17.0. The van der Waals surface area contributed by atoms with Gasteiger partial charge in [-0.25, -0.2) is 9.79 Å². The Hall–Kier alpha value is -1.32. The van der Waals surface area contributed by atoms with E-state index in [-0.39, 0.29) is 11.4 Å². The Morgan fingerprint density at radius 1 is 1.04 bits per heavy atom. The molecule has 4 fully saturated rings. The largest absolute Gasteiger partial charge is 0.406 e. The van der Waals surface area contributed by atoms with Crippen molar-refractivity contribution in [3.63, 3.8) is 0 Å². The topological polar surface area (TPSA) is 38.7 Å². The van der Waals surface area contributed by atoms with Gasteiger partial charge in [-0.1, -0.05) is 29.3 Å². The number of nitrogens with zero attached hydrogens (tertiary/aromatic N) is 1. The Balaban J connectivity index is 1.48. The summed E-state index contributed by atoms with van der Waals surface area (Å²) in [6, 6.07) is 5.29. The van der Waals surface area contributed by atoms with Gasteiger partial charge >= 0.3 is 5.97 Å². The number of carbonyl (C=O) groups excluding carboxylic acids is 1. The van der Waals surface area contributed by atoms with Gasteiger partial charge in [0.2, 0.25) is 5.90 Å². The van der Waals surface area contributed by atoms with Crippen molar-refractivity contribution >= 4 is 41.1 Å². The zero-order chi connectivity index (χ0) is 17.2. The van der Waals surface area contributed by atoms with Crippen molar-refractivity contribution in [1.82, 2.24) is 0 Å². The van der Waals surface area contributed by atoms with E-state index in [2.05, 4.69) is 4.99 Å². The molecule has 0 N–H and O–H groups in total. The van der Waals surface area contributed by atoms with Crippen LogP contribution in [0.25, 0.3) is 6.08 Å². The molecule has 0 amide bonds. The molecule has 0 unspecified atom stereocenters. The second-order valence-electron chi connectivity index (χ2n) is 8.21. The van der Waals surface area contributed by atoms with Crippen LogP contribution in [0.1, 0.15) is 44.1 Å². The highest BCUT2D eigenvalue weighted by molar-refractivity contribution is 6.42. The van der Waals surface area contributed by atoms with Gasteiger partial charge in [0.05, 0.1) is 10.0 Å². The summed E-state index contributed by atoms with van der Waals surface area (Å²) in [6.45, 7) is 0. The third-order valence-electron chi connectivity index (χ3n) is 6.36. The molecule has 4 bridgehead atoms. The SMILES string of the molecule is O=C1OC(C23CC4CC(CC(C4)C2)C3)=N/C1=C/c1ccc(Cl)c(Cl)c1. The molecule has 5 aliphatic rings. The van der Waals surface area contributed by atoms with Crippen LogP contribution in [0.2, 0.25) is 10.0 Å². The summed E-state index contributed by atoms with van der Waals surface area (Å²) >= 11 is 12.0. The van der Waals surface area contributed by atoms with E-state index in [9.17, 15) is 4.79 Å². The normalized spacial score (nSPS) is 37.5. The molecule has 1 aromatic carbocycles.